The summed E-state index contributed by atoms with van der Waals surface area (Å²) >= 11 is 0. The van der Waals surface area contributed by atoms with Gasteiger partial charge in [0, 0.05) is 75.8 Å². The van der Waals surface area contributed by atoms with Gasteiger partial charge in [-0.05, 0) is 99.6 Å². The summed E-state index contributed by atoms with van der Waals surface area (Å²) in [6.07, 6.45) is 2.13. The summed E-state index contributed by atoms with van der Waals surface area (Å²) in [5, 5.41) is 15.0. The van der Waals surface area contributed by atoms with Gasteiger partial charge in [-0.2, -0.15) is 0 Å². The number of pyridine rings is 1. The molecule has 0 aliphatic heterocycles. The molecular weight excluding hydrogens is 909 g/mol. The summed E-state index contributed by atoms with van der Waals surface area (Å²) in [5.74, 6) is 0. The second kappa shape index (κ2) is 14.3. The van der Waals surface area contributed by atoms with Crippen molar-refractivity contribution in [3.63, 3.8) is 0 Å². The highest BCUT2D eigenvalue weighted by Gasteiger charge is 2.29. The summed E-state index contributed by atoms with van der Waals surface area (Å²) in [7, 11) is 0. The van der Waals surface area contributed by atoms with Crippen molar-refractivity contribution in [2.24, 2.45) is 0 Å². The summed E-state index contributed by atoms with van der Waals surface area (Å²) in [6.45, 7) is 0. The number of hydrogen-bond acceptors (Lipinski definition) is 1. The van der Waals surface area contributed by atoms with Crippen LogP contribution in [-0.2, 0) is 0 Å². The first-order chi connectivity index (χ1) is 37.2. The molecule has 0 atom stereocenters. The molecule has 4 nitrogen and oxygen atoms in total. The Morgan fingerprint density at radius 2 is 0.653 bits per heavy atom. The average molecular weight is 949 g/mol. The molecule has 0 radical (unpaired) electrons. The van der Waals surface area contributed by atoms with Crippen LogP contribution in [0.5, 0.6) is 0 Å². The van der Waals surface area contributed by atoms with E-state index in [9.17, 15) is 0 Å². The predicted octanol–water partition coefficient (Wildman–Crippen LogP) is 18.9. The Hall–Kier alpha value is -10.0. The molecule has 7 aromatic heterocycles. The van der Waals surface area contributed by atoms with E-state index < -0.39 is 0 Å². The molecular formula is C71H40N4. The Morgan fingerprint density at radius 3 is 1.28 bits per heavy atom. The summed E-state index contributed by atoms with van der Waals surface area (Å²) < 4.78 is 7.71. The standard InChI is InChI=1S/C71H40N4/c1-5-16-41(17-6-1)45-29-31-63-53(32-45)55-33-47(42-18-7-2-8-19-42)35-57-59-38-60-58-36-48(43-20-9-3-10-21-43)34-56-54-39-61(44-22-11-4-12-23-44)72-40-65(54)75(69(56)58)71(60)66(70(59)74(63)68(55)57)46-28-30-50-52-26-15-25-51-49-24-13-14-27-62(49)73(67(51)52)64(50)37-46/h1-40H. The van der Waals surface area contributed by atoms with E-state index in [2.05, 4.69) is 256 Å². The van der Waals surface area contributed by atoms with Gasteiger partial charge in [0.2, 0.25) is 0 Å². The Kier molecular flexibility index (Phi) is 7.57. The van der Waals surface area contributed by atoms with E-state index in [0.29, 0.717) is 0 Å². The van der Waals surface area contributed by atoms with Crippen molar-refractivity contribution in [2.45, 2.75) is 0 Å². The molecule has 344 valence electrons. The van der Waals surface area contributed by atoms with Crippen LogP contribution in [-0.4, -0.2) is 18.2 Å². The van der Waals surface area contributed by atoms with Crippen LogP contribution in [0.25, 0.3) is 170 Å². The maximum Gasteiger partial charge on any atom is 0.0725 e. The van der Waals surface area contributed by atoms with Crippen molar-refractivity contribution >= 4 is 114 Å². The molecule has 0 saturated carbocycles. The maximum absolute atomic E-state index is 5.29. The van der Waals surface area contributed by atoms with Gasteiger partial charge in [-0.25, -0.2) is 0 Å². The van der Waals surface area contributed by atoms with Gasteiger partial charge in [0.25, 0.3) is 0 Å². The van der Waals surface area contributed by atoms with Crippen LogP contribution in [0.3, 0.4) is 0 Å². The highest BCUT2D eigenvalue weighted by molar-refractivity contribution is 6.34. The molecule has 0 amide bonds. The van der Waals surface area contributed by atoms with Crippen LogP contribution in [0, 0.1) is 0 Å². The molecule has 0 saturated heterocycles. The number of nitrogens with zero attached hydrogens (tertiary/aromatic N) is 4. The number of rotatable bonds is 5. The number of para-hydroxylation sites is 2. The topological polar surface area (TPSA) is 26.1 Å². The first kappa shape index (κ1) is 39.6. The lowest BCUT2D eigenvalue weighted by atomic mass is 9.93. The van der Waals surface area contributed by atoms with Crippen LogP contribution in [0.1, 0.15) is 0 Å². The van der Waals surface area contributed by atoms with E-state index in [1.54, 1.807) is 0 Å². The monoisotopic (exact) mass is 948 g/mol. The Morgan fingerprint density at radius 1 is 0.213 bits per heavy atom. The fourth-order valence-electron chi connectivity index (χ4n) is 13.6. The van der Waals surface area contributed by atoms with Crippen LogP contribution in [0.2, 0.25) is 0 Å². The largest absolute Gasteiger partial charge is 0.308 e. The van der Waals surface area contributed by atoms with E-state index in [0.717, 1.165) is 16.8 Å². The average Bonchev–Trinajstić information content (AvgIpc) is 4.46. The number of fused-ring (bicyclic) bond motifs is 18. The Balaban J connectivity index is 1.07. The molecule has 0 unspecified atom stereocenters. The van der Waals surface area contributed by atoms with Crippen molar-refractivity contribution in [3.05, 3.63) is 243 Å². The smallest absolute Gasteiger partial charge is 0.0725 e. The predicted molar refractivity (Wildman–Crippen MR) is 315 cm³/mol. The third-order valence-electron chi connectivity index (χ3n) is 16.8. The molecule has 0 aliphatic carbocycles. The van der Waals surface area contributed by atoms with Gasteiger partial charge in [-0.3, -0.25) is 4.98 Å². The number of benzene rings is 11. The second-order valence-corrected chi connectivity index (χ2v) is 20.6. The van der Waals surface area contributed by atoms with Gasteiger partial charge in [-0.1, -0.05) is 176 Å². The maximum atomic E-state index is 5.29. The van der Waals surface area contributed by atoms with E-state index >= 15 is 0 Å². The van der Waals surface area contributed by atoms with Crippen LogP contribution in [0.4, 0.5) is 0 Å². The summed E-state index contributed by atoms with van der Waals surface area (Å²) in [5.41, 5.74) is 22.6. The molecule has 0 aliphatic rings. The molecule has 0 spiro atoms. The SMILES string of the molecule is c1ccc(-c2ccc3c(c2)c2cc(-c4ccccc4)cc4c5cc6c7cc(-c8ccccc8)cc8c9cc(-c%10ccccc%10)ncc9n(c6c(-c6ccc9c%10cccc%11c%12ccccc%12n(c9c6)c%11%10)c5n3c24)c87)cc1. The highest BCUT2D eigenvalue weighted by atomic mass is 15.0. The minimum absolute atomic E-state index is 0.966. The van der Waals surface area contributed by atoms with Gasteiger partial charge in [0.1, 0.15) is 0 Å². The summed E-state index contributed by atoms with van der Waals surface area (Å²) in [4.78, 5) is 5.29. The molecule has 18 aromatic rings. The molecule has 7 heterocycles. The number of hydrogen-bond donors (Lipinski definition) is 0. The van der Waals surface area contributed by atoms with Gasteiger partial charge in [0.15, 0.2) is 0 Å². The molecule has 18 rings (SSSR count). The lowest BCUT2D eigenvalue weighted by Gasteiger charge is -2.12. The number of aromatic nitrogens is 4. The molecule has 11 aromatic carbocycles. The quantitative estimate of drug-likeness (QED) is 0.169. The van der Waals surface area contributed by atoms with Crippen molar-refractivity contribution in [2.75, 3.05) is 0 Å². The third kappa shape index (κ3) is 5.17. The molecule has 4 heteroatoms. The van der Waals surface area contributed by atoms with Crippen molar-refractivity contribution in [1.29, 1.82) is 0 Å². The van der Waals surface area contributed by atoms with E-state index in [1.165, 1.54) is 153 Å². The minimum atomic E-state index is 0.966. The zero-order chi connectivity index (χ0) is 48.6. The molecule has 0 fully saturated rings. The van der Waals surface area contributed by atoms with E-state index in [4.69, 9.17) is 4.98 Å². The minimum Gasteiger partial charge on any atom is -0.308 e. The lowest BCUT2D eigenvalue weighted by Crippen LogP contribution is -1.92. The lowest BCUT2D eigenvalue weighted by molar-refractivity contribution is 1.30. The summed E-state index contributed by atoms with van der Waals surface area (Å²) in [6, 6.07) is 88.0. The van der Waals surface area contributed by atoms with Crippen LogP contribution >= 0.6 is 0 Å². The van der Waals surface area contributed by atoms with Crippen LogP contribution < -0.4 is 0 Å². The van der Waals surface area contributed by atoms with E-state index in [-0.39, 0.29) is 0 Å². The van der Waals surface area contributed by atoms with Crippen LogP contribution in [0.15, 0.2) is 243 Å². The van der Waals surface area contributed by atoms with Gasteiger partial charge < -0.3 is 13.2 Å². The van der Waals surface area contributed by atoms with Crippen molar-refractivity contribution in [1.82, 2.24) is 18.2 Å². The first-order valence-corrected chi connectivity index (χ1v) is 25.9. The van der Waals surface area contributed by atoms with Gasteiger partial charge >= 0.3 is 0 Å². The Labute approximate surface area is 428 Å². The fourth-order valence-corrected chi connectivity index (χ4v) is 13.6. The first-order valence-electron chi connectivity index (χ1n) is 25.9. The van der Waals surface area contributed by atoms with Gasteiger partial charge in [-0.15, -0.1) is 0 Å². The van der Waals surface area contributed by atoms with Crippen molar-refractivity contribution < 1.29 is 0 Å². The van der Waals surface area contributed by atoms with Crippen molar-refractivity contribution in [3.8, 4) is 55.8 Å². The molecule has 75 heavy (non-hydrogen) atoms. The molecule has 0 bridgehead atoms. The zero-order valence-electron chi connectivity index (χ0n) is 40.4. The Bertz CT molecular complexity index is 5130. The fraction of sp³-hybridized carbons (Fsp3) is 0. The molecule has 0 N–H and O–H groups in total. The van der Waals surface area contributed by atoms with Gasteiger partial charge in [0.05, 0.1) is 61.5 Å². The normalized spacial score (nSPS) is 12.5. The highest BCUT2D eigenvalue weighted by Crippen LogP contribution is 2.52. The third-order valence-corrected chi connectivity index (χ3v) is 16.8. The second-order valence-electron chi connectivity index (χ2n) is 20.6. The zero-order valence-corrected chi connectivity index (χ0v) is 40.4. The van der Waals surface area contributed by atoms with E-state index in [1.807, 2.05) is 0 Å².